The molecule has 0 saturated heterocycles. The van der Waals surface area contributed by atoms with Gasteiger partial charge in [-0.25, -0.2) is 0 Å². The fourth-order valence-corrected chi connectivity index (χ4v) is 1.73. The summed E-state index contributed by atoms with van der Waals surface area (Å²) in [5.41, 5.74) is 10.9. The second-order valence-corrected chi connectivity index (χ2v) is 3.92. The number of pyridine rings is 1. The Balaban J connectivity index is 2.54. The zero-order valence-electron chi connectivity index (χ0n) is 9.86. The average Bonchev–Trinajstić information content (AvgIpc) is 2.57. The molecule has 0 radical (unpaired) electrons. The van der Waals surface area contributed by atoms with Gasteiger partial charge in [-0.2, -0.15) is 5.10 Å². The van der Waals surface area contributed by atoms with Gasteiger partial charge in [0.15, 0.2) is 0 Å². The average molecular weight is 216 g/mol. The Morgan fingerprint density at radius 1 is 1.38 bits per heavy atom. The van der Waals surface area contributed by atoms with E-state index >= 15 is 0 Å². The van der Waals surface area contributed by atoms with Crippen LogP contribution in [0, 0.1) is 13.8 Å². The molecule has 2 aromatic rings. The molecule has 2 N–H and O–H groups in total. The topological polar surface area (TPSA) is 56.7 Å². The van der Waals surface area contributed by atoms with Crippen molar-refractivity contribution in [1.29, 1.82) is 0 Å². The fraction of sp³-hybridized carbons (Fsp3) is 0.333. The van der Waals surface area contributed by atoms with Crippen molar-refractivity contribution in [2.45, 2.75) is 20.4 Å². The second kappa shape index (κ2) is 4.06. The van der Waals surface area contributed by atoms with Crippen LogP contribution in [0.15, 0.2) is 18.3 Å². The molecule has 0 aromatic carbocycles. The van der Waals surface area contributed by atoms with Gasteiger partial charge in [-0.05, 0) is 31.5 Å². The van der Waals surface area contributed by atoms with Gasteiger partial charge in [0, 0.05) is 31.0 Å². The molecule has 4 heteroatoms. The van der Waals surface area contributed by atoms with E-state index in [-0.39, 0.29) is 0 Å². The standard InChI is InChI=1S/C12H16N4/c1-8-9(2)16(3)15-12(8)10-4-5-14-11(6-10)7-13/h4-6H,7,13H2,1-3H3. The van der Waals surface area contributed by atoms with E-state index in [0.717, 1.165) is 17.0 Å². The van der Waals surface area contributed by atoms with E-state index in [1.165, 1.54) is 11.3 Å². The predicted molar refractivity (Wildman–Crippen MR) is 63.8 cm³/mol. The molecule has 0 spiro atoms. The van der Waals surface area contributed by atoms with E-state index in [1.807, 2.05) is 23.9 Å². The van der Waals surface area contributed by atoms with Crippen LogP contribution in [-0.2, 0) is 13.6 Å². The lowest BCUT2D eigenvalue weighted by Gasteiger charge is -2.01. The van der Waals surface area contributed by atoms with Gasteiger partial charge in [0.1, 0.15) is 0 Å². The molecule has 0 amide bonds. The van der Waals surface area contributed by atoms with Crippen molar-refractivity contribution in [3.63, 3.8) is 0 Å². The van der Waals surface area contributed by atoms with Crippen molar-refractivity contribution in [1.82, 2.24) is 14.8 Å². The van der Waals surface area contributed by atoms with E-state index < -0.39 is 0 Å². The minimum Gasteiger partial charge on any atom is -0.325 e. The van der Waals surface area contributed by atoms with Crippen LogP contribution in [0.4, 0.5) is 0 Å². The van der Waals surface area contributed by atoms with Crippen molar-refractivity contribution >= 4 is 0 Å². The van der Waals surface area contributed by atoms with Crippen molar-refractivity contribution in [2.24, 2.45) is 12.8 Å². The molecule has 2 aromatic heterocycles. The van der Waals surface area contributed by atoms with Crippen molar-refractivity contribution in [2.75, 3.05) is 0 Å². The zero-order chi connectivity index (χ0) is 11.7. The molecule has 0 fully saturated rings. The van der Waals surface area contributed by atoms with Crippen LogP contribution < -0.4 is 5.73 Å². The highest BCUT2D eigenvalue weighted by Gasteiger charge is 2.10. The first-order valence-electron chi connectivity index (χ1n) is 5.29. The highest BCUT2D eigenvalue weighted by Crippen LogP contribution is 2.23. The number of aromatic nitrogens is 3. The van der Waals surface area contributed by atoms with Gasteiger partial charge in [0.05, 0.1) is 11.4 Å². The summed E-state index contributed by atoms with van der Waals surface area (Å²) in [5.74, 6) is 0. The quantitative estimate of drug-likeness (QED) is 0.828. The Morgan fingerprint density at radius 3 is 2.69 bits per heavy atom. The first-order valence-corrected chi connectivity index (χ1v) is 5.29. The molecule has 4 nitrogen and oxygen atoms in total. The van der Waals surface area contributed by atoms with Crippen LogP contribution in [0.3, 0.4) is 0 Å². The van der Waals surface area contributed by atoms with Crippen LogP contribution in [0.5, 0.6) is 0 Å². The zero-order valence-corrected chi connectivity index (χ0v) is 9.86. The first kappa shape index (κ1) is 10.8. The highest BCUT2D eigenvalue weighted by atomic mass is 15.3. The smallest absolute Gasteiger partial charge is 0.0956 e. The van der Waals surface area contributed by atoms with Crippen LogP contribution >= 0.6 is 0 Å². The molecular weight excluding hydrogens is 200 g/mol. The monoisotopic (exact) mass is 216 g/mol. The maximum atomic E-state index is 5.58. The Bertz CT molecular complexity index is 514. The summed E-state index contributed by atoms with van der Waals surface area (Å²) >= 11 is 0. The van der Waals surface area contributed by atoms with Gasteiger partial charge in [-0.15, -0.1) is 0 Å². The van der Waals surface area contributed by atoms with E-state index in [0.29, 0.717) is 6.54 Å². The molecule has 0 aliphatic carbocycles. The van der Waals surface area contributed by atoms with Gasteiger partial charge in [-0.1, -0.05) is 0 Å². The molecular formula is C12H16N4. The number of hydrogen-bond donors (Lipinski definition) is 1. The third kappa shape index (κ3) is 1.72. The summed E-state index contributed by atoms with van der Waals surface area (Å²) < 4.78 is 1.90. The Labute approximate surface area is 95.1 Å². The molecule has 84 valence electrons. The van der Waals surface area contributed by atoms with Gasteiger partial charge < -0.3 is 5.73 Å². The van der Waals surface area contributed by atoms with Crippen LogP contribution in [0.25, 0.3) is 11.3 Å². The molecule has 0 atom stereocenters. The van der Waals surface area contributed by atoms with Gasteiger partial charge >= 0.3 is 0 Å². The van der Waals surface area contributed by atoms with Crippen molar-refractivity contribution in [3.8, 4) is 11.3 Å². The van der Waals surface area contributed by atoms with Gasteiger partial charge in [0.2, 0.25) is 0 Å². The Kier molecular flexibility index (Phi) is 2.75. The first-order chi connectivity index (χ1) is 7.63. The normalized spacial score (nSPS) is 10.8. The van der Waals surface area contributed by atoms with E-state index in [9.17, 15) is 0 Å². The molecule has 0 aliphatic rings. The molecule has 2 rings (SSSR count). The summed E-state index contributed by atoms with van der Waals surface area (Å²) in [7, 11) is 1.96. The Morgan fingerprint density at radius 2 is 2.12 bits per heavy atom. The lowest BCUT2D eigenvalue weighted by Crippen LogP contribution is -1.99. The SMILES string of the molecule is Cc1c(-c2ccnc(CN)c2)nn(C)c1C. The highest BCUT2D eigenvalue weighted by molar-refractivity contribution is 5.63. The van der Waals surface area contributed by atoms with Crippen LogP contribution in [-0.4, -0.2) is 14.8 Å². The predicted octanol–water partition coefficient (Wildman–Crippen LogP) is 1.56. The van der Waals surface area contributed by atoms with Crippen molar-refractivity contribution < 1.29 is 0 Å². The van der Waals surface area contributed by atoms with Crippen LogP contribution in [0.1, 0.15) is 17.0 Å². The minimum atomic E-state index is 0.457. The fourth-order valence-electron chi connectivity index (χ4n) is 1.73. The second-order valence-electron chi connectivity index (χ2n) is 3.92. The molecule has 0 bridgehead atoms. The van der Waals surface area contributed by atoms with E-state index in [4.69, 9.17) is 5.73 Å². The third-order valence-electron chi connectivity index (χ3n) is 2.93. The molecule has 0 unspecified atom stereocenters. The molecule has 0 saturated carbocycles. The van der Waals surface area contributed by atoms with Gasteiger partial charge in [0.25, 0.3) is 0 Å². The molecule has 16 heavy (non-hydrogen) atoms. The number of nitrogens with zero attached hydrogens (tertiary/aromatic N) is 3. The number of aryl methyl sites for hydroxylation is 1. The summed E-state index contributed by atoms with van der Waals surface area (Å²) in [6.07, 6.45) is 1.78. The number of rotatable bonds is 2. The maximum absolute atomic E-state index is 5.58. The minimum absolute atomic E-state index is 0.457. The summed E-state index contributed by atoms with van der Waals surface area (Å²) in [6.45, 7) is 4.61. The van der Waals surface area contributed by atoms with Gasteiger partial charge in [-0.3, -0.25) is 9.67 Å². The summed E-state index contributed by atoms with van der Waals surface area (Å²) in [6, 6.07) is 3.96. The maximum Gasteiger partial charge on any atom is 0.0956 e. The van der Waals surface area contributed by atoms with E-state index in [2.05, 4.69) is 23.9 Å². The summed E-state index contributed by atoms with van der Waals surface area (Å²) in [4.78, 5) is 4.18. The molecule has 0 aliphatic heterocycles. The largest absolute Gasteiger partial charge is 0.325 e. The Hall–Kier alpha value is -1.68. The summed E-state index contributed by atoms with van der Waals surface area (Å²) in [5, 5.41) is 4.50. The number of hydrogen-bond acceptors (Lipinski definition) is 3. The lowest BCUT2D eigenvalue weighted by molar-refractivity contribution is 0.741. The third-order valence-corrected chi connectivity index (χ3v) is 2.93. The number of nitrogens with two attached hydrogens (primary N) is 1. The van der Waals surface area contributed by atoms with E-state index in [1.54, 1.807) is 6.20 Å². The molecule has 2 heterocycles. The lowest BCUT2D eigenvalue weighted by atomic mass is 10.1. The van der Waals surface area contributed by atoms with Crippen molar-refractivity contribution in [3.05, 3.63) is 35.3 Å². The van der Waals surface area contributed by atoms with Crippen LogP contribution in [0.2, 0.25) is 0 Å².